The average molecular weight is 383 g/mol. The van der Waals surface area contributed by atoms with Crippen LogP contribution in [0.4, 0.5) is 10.3 Å². The Hall–Kier alpha value is -2.43. The zero-order valence-electron chi connectivity index (χ0n) is 17.2. The highest BCUT2D eigenvalue weighted by molar-refractivity contribution is 5.58. The summed E-state index contributed by atoms with van der Waals surface area (Å²) >= 11 is 0. The number of nitrogens with zero attached hydrogens (tertiary/aromatic N) is 3. The van der Waals surface area contributed by atoms with E-state index in [0.29, 0.717) is 18.3 Å². The van der Waals surface area contributed by atoms with E-state index in [9.17, 15) is 4.39 Å². The molecule has 0 saturated heterocycles. The highest BCUT2D eigenvalue weighted by Gasteiger charge is 2.24. The Labute approximate surface area is 167 Å². The Balaban J connectivity index is 2.14. The molecule has 1 aliphatic rings. The van der Waals surface area contributed by atoms with Gasteiger partial charge in [0.25, 0.3) is 0 Å². The highest BCUT2D eigenvalue weighted by Crippen LogP contribution is 2.34. The van der Waals surface area contributed by atoms with Crippen molar-refractivity contribution in [1.29, 1.82) is 0 Å². The quantitative estimate of drug-likeness (QED) is 0.578. The van der Waals surface area contributed by atoms with Crippen LogP contribution in [0.1, 0.15) is 82.7 Å². The standard InChI is InChI=1S/C23H31FN4/c1-4-7-10-17(6-3)21-20-13-14-26-23(25)28(20)22(27-21)18-12-9-8-11-16(5-2)19(24)15-18/h9,11-15,17-18H,4-8,10H2,1-3H3,(H2,25,26)/b12-9?,16-11-,19-15?. The van der Waals surface area contributed by atoms with Crippen LogP contribution in [0.3, 0.4) is 0 Å². The number of anilines is 1. The van der Waals surface area contributed by atoms with Crippen LogP contribution in [0, 0.1) is 0 Å². The van der Waals surface area contributed by atoms with Crippen LogP contribution in [0.25, 0.3) is 5.52 Å². The van der Waals surface area contributed by atoms with E-state index in [0.717, 1.165) is 54.7 Å². The predicted molar refractivity (Wildman–Crippen MR) is 114 cm³/mol. The maximum atomic E-state index is 14.8. The molecular weight excluding hydrogens is 351 g/mol. The van der Waals surface area contributed by atoms with Crippen molar-refractivity contribution in [2.24, 2.45) is 0 Å². The van der Waals surface area contributed by atoms with Gasteiger partial charge in [-0.2, -0.15) is 0 Å². The summed E-state index contributed by atoms with van der Waals surface area (Å²) in [5.74, 6) is 1.06. The molecular formula is C23H31FN4. The molecule has 0 bridgehead atoms. The summed E-state index contributed by atoms with van der Waals surface area (Å²) in [6.07, 6.45) is 15.2. The molecule has 0 aromatic carbocycles. The van der Waals surface area contributed by atoms with Gasteiger partial charge in [0.2, 0.25) is 5.95 Å². The minimum absolute atomic E-state index is 0.171. The van der Waals surface area contributed by atoms with E-state index in [-0.39, 0.29) is 11.7 Å². The van der Waals surface area contributed by atoms with Crippen molar-refractivity contribution >= 4 is 11.5 Å². The van der Waals surface area contributed by atoms with Crippen LogP contribution in [-0.2, 0) is 0 Å². The summed E-state index contributed by atoms with van der Waals surface area (Å²) in [5.41, 5.74) is 9.02. The van der Waals surface area contributed by atoms with E-state index < -0.39 is 0 Å². The number of hydrogen-bond donors (Lipinski definition) is 1. The molecule has 0 amide bonds. The van der Waals surface area contributed by atoms with Crippen molar-refractivity contribution in [3.05, 3.63) is 59.5 Å². The lowest BCUT2D eigenvalue weighted by Gasteiger charge is -2.12. The van der Waals surface area contributed by atoms with Crippen molar-refractivity contribution in [2.45, 2.75) is 71.1 Å². The Morgan fingerprint density at radius 1 is 1.32 bits per heavy atom. The molecule has 2 atom stereocenters. The second kappa shape index (κ2) is 9.18. The number of hydrogen-bond acceptors (Lipinski definition) is 3. The summed E-state index contributed by atoms with van der Waals surface area (Å²) in [6, 6.07) is 1.97. The van der Waals surface area contributed by atoms with Gasteiger partial charge in [-0.05, 0) is 43.4 Å². The Bertz CT molecular complexity index is 907. The molecule has 5 heteroatoms. The smallest absolute Gasteiger partial charge is 0.206 e. The average Bonchev–Trinajstić information content (AvgIpc) is 3.06. The Morgan fingerprint density at radius 3 is 2.86 bits per heavy atom. The van der Waals surface area contributed by atoms with Gasteiger partial charge >= 0.3 is 0 Å². The van der Waals surface area contributed by atoms with Crippen molar-refractivity contribution in [3.63, 3.8) is 0 Å². The number of halogens is 1. The first kappa shape index (κ1) is 20.3. The first-order valence-electron chi connectivity index (χ1n) is 10.5. The van der Waals surface area contributed by atoms with E-state index in [1.54, 1.807) is 12.3 Å². The van der Waals surface area contributed by atoms with Gasteiger partial charge in [0.15, 0.2) is 0 Å². The fourth-order valence-corrected chi connectivity index (χ4v) is 3.95. The molecule has 2 unspecified atom stereocenters. The number of aromatic nitrogens is 3. The van der Waals surface area contributed by atoms with E-state index >= 15 is 0 Å². The van der Waals surface area contributed by atoms with Gasteiger partial charge in [-0.3, -0.25) is 4.40 Å². The largest absolute Gasteiger partial charge is 0.369 e. The summed E-state index contributed by atoms with van der Waals surface area (Å²) in [7, 11) is 0. The Morgan fingerprint density at radius 2 is 2.14 bits per heavy atom. The van der Waals surface area contributed by atoms with Gasteiger partial charge in [-0.15, -0.1) is 0 Å². The van der Waals surface area contributed by atoms with Crippen LogP contribution >= 0.6 is 0 Å². The predicted octanol–water partition coefficient (Wildman–Crippen LogP) is 6.23. The minimum atomic E-state index is -0.272. The van der Waals surface area contributed by atoms with Crippen LogP contribution in [0.5, 0.6) is 0 Å². The van der Waals surface area contributed by atoms with Gasteiger partial charge in [0, 0.05) is 12.1 Å². The number of allylic oxidation sites excluding steroid dienone is 6. The molecule has 2 aromatic heterocycles. The fourth-order valence-electron chi connectivity index (χ4n) is 3.95. The second-order valence-corrected chi connectivity index (χ2v) is 7.41. The molecule has 1 aliphatic carbocycles. The maximum absolute atomic E-state index is 14.8. The van der Waals surface area contributed by atoms with Crippen LogP contribution in [0.2, 0.25) is 0 Å². The molecule has 4 nitrogen and oxygen atoms in total. The SMILES string of the molecule is CCCCC(CC)c1nc(C2C=CC/C=C(/CC)C(F)=C2)n2c(N)nccc12. The van der Waals surface area contributed by atoms with Crippen LogP contribution in [0.15, 0.2) is 48.0 Å². The molecule has 0 fully saturated rings. The number of fused-ring (bicyclic) bond motifs is 1. The summed E-state index contributed by atoms with van der Waals surface area (Å²) in [5, 5.41) is 0. The molecule has 0 saturated carbocycles. The van der Waals surface area contributed by atoms with Crippen molar-refractivity contribution in [3.8, 4) is 0 Å². The zero-order chi connectivity index (χ0) is 20.1. The second-order valence-electron chi connectivity index (χ2n) is 7.41. The third kappa shape index (κ3) is 4.03. The van der Waals surface area contributed by atoms with Gasteiger partial charge in [-0.1, -0.05) is 51.8 Å². The van der Waals surface area contributed by atoms with E-state index in [2.05, 4.69) is 24.9 Å². The molecule has 2 heterocycles. The lowest BCUT2D eigenvalue weighted by Crippen LogP contribution is -2.07. The number of nitrogen functional groups attached to an aromatic ring is 1. The number of imidazole rings is 1. The fraction of sp³-hybridized carbons (Fsp3) is 0.478. The molecule has 150 valence electrons. The van der Waals surface area contributed by atoms with Gasteiger partial charge in [0.05, 0.1) is 17.1 Å². The first-order valence-corrected chi connectivity index (χ1v) is 10.5. The minimum Gasteiger partial charge on any atom is -0.369 e. The zero-order valence-corrected chi connectivity index (χ0v) is 17.2. The summed E-state index contributed by atoms with van der Waals surface area (Å²) in [4.78, 5) is 9.28. The van der Waals surface area contributed by atoms with Gasteiger partial charge < -0.3 is 5.73 Å². The number of unbranched alkanes of at least 4 members (excludes halogenated alkanes) is 1. The highest BCUT2D eigenvalue weighted by atomic mass is 19.1. The number of rotatable bonds is 7. The maximum Gasteiger partial charge on any atom is 0.206 e. The molecule has 0 spiro atoms. The van der Waals surface area contributed by atoms with E-state index in [1.165, 1.54) is 0 Å². The molecule has 2 aromatic rings. The molecule has 3 rings (SSSR count). The van der Waals surface area contributed by atoms with E-state index in [1.807, 2.05) is 29.5 Å². The summed E-state index contributed by atoms with van der Waals surface area (Å²) < 4.78 is 16.7. The van der Waals surface area contributed by atoms with Crippen molar-refractivity contribution < 1.29 is 4.39 Å². The van der Waals surface area contributed by atoms with Gasteiger partial charge in [0.1, 0.15) is 11.7 Å². The summed E-state index contributed by atoms with van der Waals surface area (Å²) in [6.45, 7) is 6.38. The lowest BCUT2D eigenvalue weighted by molar-refractivity contribution is 0.561. The normalized spacial score (nSPS) is 20.4. The Kier molecular flexibility index (Phi) is 6.65. The van der Waals surface area contributed by atoms with Crippen molar-refractivity contribution in [2.75, 3.05) is 5.73 Å². The topological polar surface area (TPSA) is 56.2 Å². The first-order chi connectivity index (χ1) is 13.6. The third-order valence-electron chi connectivity index (χ3n) is 5.58. The molecule has 2 N–H and O–H groups in total. The van der Waals surface area contributed by atoms with Crippen LogP contribution in [-0.4, -0.2) is 14.4 Å². The monoisotopic (exact) mass is 382 g/mol. The molecule has 0 aliphatic heterocycles. The third-order valence-corrected chi connectivity index (χ3v) is 5.58. The van der Waals surface area contributed by atoms with Gasteiger partial charge in [-0.25, -0.2) is 14.4 Å². The van der Waals surface area contributed by atoms with E-state index in [4.69, 9.17) is 10.7 Å². The molecule has 28 heavy (non-hydrogen) atoms. The lowest BCUT2D eigenvalue weighted by atomic mass is 9.95. The van der Waals surface area contributed by atoms with Crippen molar-refractivity contribution in [1.82, 2.24) is 14.4 Å². The van der Waals surface area contributed by atoms with Crippen LogP contribution < -0.4 is 5.73 Å². The number of nitrogens with two attached hydrogens (primary N) is 1. The molecule has 0 radical (unpaired) electrons.